The zero-order valence-corrected chi connectivity index (χ0v) is 29.8. The Labute approximate surface area is 270 Å². The van der Waals surface area contributed by atoms with E-state index in [0.717, 1.165) is 0 Å². The van der Waals surface area contributed by atoms with Crippen LogP contribution in [0, 0.1) is 5.92 Å². The minimum atomic E-state index is -4.93. The summed E-state index contributed by atoms with van der Waals surface area (Å²) >= 11 is 0. The van der Waals surface area contributed by atoms with E-state index < -0.39 is 30.7 Å². The third-order valence-electron chi connectivity index (χ3n) is 7.60. The Morgan fingerprint density at radius 1 is 1.29 bits per heavy atom. The predicted molar refractivity (Wildman–Crippen MR) is 174 cm³/mol. The summed E-state index contributed by atoms with van der Waals surface area (Å²) in [6, 6.07) is 0. The Morgan fingerprint density at radius 3 is 2.60 bits per heavy atom. The number of nitrogens with one attached hydrogen (secondary N) is 2. The summed E-state index contributed by atoms with van der Waals surface area (Å²) in [6.45, 7) is 15.3. The van der Waals surface area contributed by atoms with Gasteiger partial charge in [0.05, 0.1) is 32.0 Å². The van der Waals surface area contributed by atoms with Gasteiger partial charge in [-0.3, -0.25) is 14.6 Å². The topological polar surface area (TPSA) is 136 Å². The molecule has 1 aliphatic rings. The first kappa shape index (κ1) is 37.3. The largest absolute Gasteiger partial charge is 0.471 e. The summed E-state index contributed by atoms with van der Waals surface area (Å²) in [4.78, 5) is 41.3. The van der Waals surface area contributed by atoms with E-state index in [-0.39, 0.29) is 47.1 Å². The van der Waals surface area contributed by atoms with E-state index >= 15 is 0 Å². The Hall–Kier alpha value is -2.12. The zero-order valence-electron chi connectivity index (χ0n) is 27.1. The Bertz CT molecular complexity index is 1400. The summed E-state index contributed by atoms with van der Waals surface area (Å²) in [5.74, 6) is -1.74. The third-order valence-corrected chi connectivity index (χ3v) is 15.0. The lowest BCUT2D eigenvalue weighted by atomic mass is 10.0. The molecule has 1 amide bonds. The molecule has 0 saturated carbocycles. The number of carbonyl (C=O) groups is 1. The Morgan fingerprint density at radius 2 is 1.98 bits per heavy atom. The maximum Gasteiger partial charge on any atom is 0.471 e. The van der Waals surface area contributed by atoms with Crippen LogP contribution < -0.4 is 10.9 Å². The molecule has 2 aromatic heterocycles. The molecule has 0 spiro atoms. The number of nitrogens with zero attached hydrogens (tertiary/aromatic N) is 5. The number of halogens is 3. The van der Waals surface area contributed by atoms with Gasteiger partial charge in [-0.15, -0.1) is 0 Å². The van der Waals surface area contributed by atoms with Crippen LogP contribution in [0.4, 0.5) is 19.1 Å². The molecule has 3 rings (SSSR count). The molecule has 254 valence electrons. The molecule has 1 fully saturated rings. The summed E-state index contributed by atoms with van der Waals surface area (Å²) in [5.41, 5.74) is 0.181. The molecule has 3 heterocycles. The van der Waals surface area contributed by atoms with Gasteiger partial charge in [0.15, 0.2) is 19.5 Å². The van der Waals surface area contributed by atoms with Gasteiger partial charge in [-0.05, 0) is 32.0 Å². The van der Waals surface area contributed by atoms with Crippen LogP contribution >= 0.6 is 21.6 Å². The van der Waals surface area contributed by atoms with Crippen molar-refractivity contribution in [3.8, 4) is 0 Å². The standard InChI is InChI=1S/C27H44F3N7O5S2Si/c1-25(2,3)45(8,9)42-12-18-20(41-16-43-44-26(4,5)13-31-23(39)27(28,29)30)17(11-40-18)10-37-15-32-19-21(37)34-24(35-22(19)38)33-14-36(6)7/h14-15,17-18,20H,10-13,16H2,1-9H3,(H,31,39)(H,34,35,38)/b33-14-/t17?,18-,20?/m1/s1. The van der Waals surface area contributed by atoms with Crippen LogP contribution in [-0.4, -0.2) is 108 Å². The second kappa shape index (κ2) is 14.7. The second-order valence-corrected chi connectivity index (χ2v) is 21.0. The van der Waals surface area contributed by atoms with E-state index in [1.165, 1.54) is 27.9 Å². The van der Waals surface area contributed by atoms with Gasteiger partial charge in [0.25, 0.3) is 5.56 Å². The number of amides is 1. The maximum atomic E-state index is 12.7. The molecule has 18 heteroatoms. The summed E-state index contributed by atoms with van der Waals surface area (Å²) in [6.07, 6.45) is -2.58. The number of imidazole rings is 1. The number of rotatable bonds is 14. The molecule has 3 atom stereocenters. The number of hydrogen-bond donors (Lipinski definition) is 2. The van der Waals surface area contributed by atoms with E-state index in [0.29, 0.717) is 25.4 Å². The van der Waals surface area contributed by atoms with E-state index in [4.69, 9.17) is 13.9 Å². The van der Waals surface area contributed by atoms with Crippen molar-refractivity contribution in [3.63, 3.8) is 0 Å². The third kappa shape index (κ3) is 10.4. The van der Waals surface area contributed by atoms with Crippen LogP contribution in [0.25, 0.3) is 11.2 Å². The van der Waals surface area contributed by atoms with Crippen molar-refractivity contribution in [1.82, 2.24) is 29.7 Å². The SMILES string of the molecule is CN(C)/C=N\c1nc2c(ncn2CC2CO[C@H](CO[Si](C)(C)C(C)(C)C)C2OCSSC(C)(C)CNC(=O)C(F)(F)F)c(=O)[nH]1. The van der Waals surface area contributed by atoms with Gasteiger partial charge < -0.3 is 28.7 Å². The Balaban J connectivity index is 1.74. The average molecular weight is 696 g/mol. The predicted octanol–water partition coefficient (Wildman–Crippen LogP) is 4.56. The molecular formula is C27H44F3N7O5S2Si. The smallest absolute Gasteiger partial charge is 0.414 e. The molecular weight excluding hydrogens is 652 g/mol. The first-order chi connectivity index (χ1) is 20.7. The summed E-state index contributed by atoms with van der Waals surface area (Å²) in [5, 5.41) is 1.94. The molecule has 1 aliphatic heterocycles. The number of aromatic amines is 1. The van der Waals surface area contributed by atoms with Crippen molar-refractivity contribution in [2.45, 2.75) is 82.4 Å². The van der Waals surface area contributed by atoms with Gasteiger partial charge in [-0.2, -0.15) is 18.2 Å². The highest BCUT2D eigenvalue weighted by molar-refractivity contribution is 8.77. The number of ether oxygens (including phenoxy) is 2. The van der Waals surface area contributed by atoms with Crippen LogP contribution in [0.15, 0.2) is 16.1 Å². The van der Waals surface area contributed by atoms with Gasteiger partial charge in [-0.25, -0.2) is 9.98 Å². The first-order valence-electron chi connectivity index (χ1n) is 14.4. The van der Waals surface area contributed by atoms with Crippen molar-refractivity contribution >= 4 is 59.3 Å². The van der Waals surface area contributed by atoms with E-state index in [2.05, 4.69) is 53.8 Å². The van der Waals surface area contributed by atoms with Crippen molar-refractivity contribution in [1.29, 1.82) is 0 Å². The van der Waals surface area contributed by atoms with Crippen molar-refractivity contribution < 1.29 is 31.9 Å². The molecule has 0 aromatic carbocycles. The number of hydrogen-bond acceptors (Lipinski definition) is 10. The lowest BCUT2D eigenvalue weighted by Gasteiger charge is -2.37. The number of aliphatic imine (C=N–C) groups is 1. The fourth-order valence-corrected chi connectivity index (χ4v) is 7.23. The van der Waals surface area contributed by atoms with Gasteiger partial charge in [0.2, 0.25) is 5.95 Å². The zero-order chi connectivity index (χ0) is 33.8. The minimum absolute atomic E-state index is 0.00217. The number of aromatic nitrogens is 4. The monoisotopic (exact) mass is 695 g/mol. The van der Waals surface area contributed by atoms with E-state index in [9.17, 15) is 22.8 Å². The molecule has 0 radical (unpaired) electrons. The number of fused-ring (bicyclic) bond motifs is 1. The highest BCUT2D eigenvalue weighted by atomic mass is 33.1. The number of alkyl halides is 3. The van der Waals surface area contributed by atoms with Crippen LogP contribution in [0.2, 0.25) is 18.1 Å². The van der Waals surface area contributed by atoms with Gasteiger partial charge in [0, 0.05) is 37.8 Å². The fourth-order valence-electron chi connectivity index (χ4n) is 4.06. The van der Waals surface area contributed by atoms with Crippen molar-refractivity contribution in [3.05, 3.63) is 16.7 Å². The molecule has 2 N–H and O–H groups in total. The van der Waals surface area contributed by atoms with Crippen LogP contribution in [0.5, 0.6) is 0 Å². The molecule has 45 heavy (non-hydrogen) atoms. The lowest BCUT2D eigenvalue weighted by Crippen LogP contribution is -2.44. The van der Waals surface area contributed by atoms with E-state index in [1.54, 1.807) is 43.7 Å². The summed E-state index contributed by atoms with van der Waals surface area (Å²) < 4.78 is 58.0. The van der Waals surface area contributed by atoms with Crippen LogP contribution in [-0.2, 0) is 25.2 Å². The van der Waals surface area contributed by atoms with Gasteiger partial charge in [-0.1, -0.05) is 42.4 Å². The molecule has 2 unspecified atom stereocenters. The minimum Gasteiger partial charge on any atom is -0.414 e. The molecule has 2 aromatic rings. The fraction of sp³-hybridized carbons (Fsp3) is 0.741. The number of carbonyl (C=O) groups excluding carboxylic acids is 1. The first-order valence-corrected chi connectivity index (χ1v) is 19.6. The molecule has 12 nitrogen and oxygen atoms in total. The van der Waals surface area contributed by atoms with Crippen LogP contribution in [0.1, 0.15) is 34.6 Å². The van der Waals surface area contributed by atoms with Crippen molar-refractivity contribution in [2.75, 3.05) is 39.8 Å². The summed E-state index contributed by atoms with van der Waals surface area (Å²) in [7, 11) is 4.18. The normalized spacial score (nSPS) is 20.0. The maximum absolute atomic E-state index is 12.7. The van der Waals surface area contributed by atoms with Crippen molar-refractivity contribution in [2.24, 2.45) is 10.9 Å². The number of H-pyrrole nitrogens is 1. The van der Waals surface area contributed by atoms with Gasteiger partial charge >= 0.3 is 12.1 Å². The highest BCUT2D eigenvalue weighted by Crippen LogP contribution is 2.39. The molecule has 0 bridgehead atoms. The Kier molecular flexibility index (Phi) is 12.2. The van der Waals surface area contributed by atoms with Crippen LogP contribution in [0.3, 0.4) is 0 Å². The molecule has 1 saturated heterocycles. The lowest BCUT2D eigenvalue weighted by molar-refractivity contribution is -0.173. The highest BCUT2D eigenvalue weighted by Gasteiger charge is 2.43. The van der Waals surface area contributed by atoms with E-state index in [1.807, 2.05) is 5.32 Å². The quantitative estimate of drug-likeness (QED) is 0.0723. The molecule has 0 aliphatic carbocycles. The second-order valence-electron chi connectivity index (χ2n) is 13.3. The van der Waals surface area contributed by atoms with Gasteiger partial charge in [0.1, 0.15) is 12.0 Å². The average Bonchev–Trinajstić information content (AvgIpc) is 3.50.